The highest BCUT2D eigenvalue weighted by Crippen LogP contribution is 2.35. The van der Waals surface area contributed by atoms with Crippen molar-refractivity contribution in [3.63, 3.8) is 0 Å². The number of phenols is 2. The highest BCUT2D eigenvalue weighted by Gasteiger charge is 2.13. The second-order valence-corrected chi connectivity index (χ2v) is 4.17. The minimum atomic E-state index is -0.277. The van der Waals surface area contributed by atoms with E-state index < -0.39 is 0 Å². The van der Waals surface area contributed by atoms with Crippen molar-refractivity contribution in [2.75, 3.05) is 7.11 Å². The Morgan fingerprint density at radius 3 is 2.53 bits per heavy atom. The van der Waals surface area contributed by atoms with Gasteiger partial charge >= 0.3 is 0 Å². The number of ether oxygens (including phenoxy) is 1. The Labute approximate surface area is 107 Å². The number of hydrogen-bond acceptors (Lipinski definition) is 5. The molecule has 0 amide bonds. The number of rotatable bonds is 1. The molecular formula is C14H10O5. The molecular weight excluding hydrogens is 248 g/mol. The van der Waals surface area contributed by atoms with Gasteiger partial charge in [0.15, 0.2) is 17.2 Å². The van der Waals surface area contributed by atoms with Gasteiger partial charge in [0.1, 0.15) is 11.3 Å². The van der Waals surface area contributed by atoms with Crippen LogP contribution in [-0.2, 0) is 0 Å². The first-order chi connectivity index (χ1) is 9.08. The summed E-state index contributed by atoms with van der Waals surface area (Å²) < 4.78 is 10.5. The summed E-state index contributed by atoms with van der Waals surface area (Å²) in [6, 6.07) is 7.35. The van der Waals surface area contributed by atoms with Gasteiger partial charge in [-0.2, -0.15) is 0 Å². The second-order valence-electron chi connectivity index (χ2n) is 4.17. The van der Waals surface area contributed by atoms with Crippen LogP contribution in [0.3, 0.4) is 0 Å². The zero-order valence-corrected chi connectivity index (χ0v) is 10.0. The molecule has 1 aromatic carbocycles. The maximum absolute atomic E-state index is 11.6. The molecule has 0 saturated carbocycles. The highest BCUT2D eigenvalue weighted by atomic mass is 16.5. The summed E-state index contributed by atoms with van der Waals surface area (Å²) in [7, 11) is 1.42. The molecule has 0 radical (unpaired) electrons. The fraction of sp³-hybridized carbons (Fsp3) is 0.0714. The first-order valence-electron chi connectivity index (χ1n) is 5.56. The van der Waals surface area contributed by atoms with E-state index in [2.05, 4.69) is 0 Å². The second kappa shape index (κ2) is 3.91. The van der Waals surface area contributed by atoms with Crippen molar-refractivity contribution >= 4 is 11.0 Å². The van der Waals surface area contributed by atoms with E-state index in [9.17, 15) is 15.0 Å². The average Bonchev–Trinajstić information content (AvgIpc) is 2.38. The minimum Gasteiger partial charge on any atom is -0.504 e. The van der Waals surface area contributed by atoms with Crippen molar-refractivity contribution in [3.05, 3.63) is 40.6 Å². The molecule has 0 fully saturated rings. The zero-order chi connectivity index (χ0) is 13.6. The average molecular weight is 258 g/mol. The number of phenolic OH excluding ortho intramolecular Hbond substituents is 2. The monoisotopic (exact) mass is 258 g/mol. The van der Waals surface area contributed by atoms with E-state index in [1.807, 2.05) is 0 Å². The first-order valence-corrected chi connectivity index (χ1v) is 5.56. The zero-order valence-electron chi connectivity index (χ0n) is 10.0. The van der Waals surface area contributed by atoms with Gasteiger partial charge in [0, 0.05) is 23.1 Å². The van der Waals surface area contributed by atoms with Gasteiger partial charge in [-0.1, -0.05) is 0 Å². The van der Waals surface area contributed by atoms with Crippen molar-refractivity contribution in [1.82, 2.24) is 0 Å². The lowest BCUT2D eigenvalue weighted by atomic mass is 10.1. The largest absolute Gasteiger partial charge is 0.504 e. The lowest BCUT2D eigenvalue weighted by Gasteiger charge is -2.09. The molecule has 1 aromatic rings. The molecule has 0 unspecified atom stereocenters. The molecule has 1 aliphatic heterocycles. The van der Waals surface area contributed by atoms with Crippen LogP contribution in [0.5, 0.6) is 17.2 Å². The van der Waals surface area contributed by atoms with Gasteiger partial charge < -0.3 is 19.4 Å². The predicted octanol–water partition coefficient (Wildman–Crippen LogP) is 2.32. The Bertz CT molecular complexity index is 803. The molecule has 0 atom stereocenters. The fourth-order valence-electron chi connectivity index (χ4n) is 1.98. The van der Waals surface area contributed by atoms with Crippen molar-refractivity contribution in [2.24, 2.45) is 0 Å². The number of methoxy groups -OCH3 is 1. The molecule has 0 spiro atoms. The number of aromatic hydroxyl groups is 2. The summed E-state index contributed by atoms with van der Waals surface area (Å²) in [4.78, 5) is 11.6. The molecule has 0 bridgehead atoms. The van der Waals surface area contributed by atoms with Crippen LogP contribution in [0.1, 0.15) is 0 Å². The van der Waals surface area contributed by atoms with Crippen LogP contribution in [0.15, 0.2) is 39.5 Å². The number of fused-ring (bicyclic) bond motifs is 2. The van der Waals surface area contributed by atoms with Crippen LogP contribution in [0.2, 0.25) is 0 Å². The van der Waals surface area contributed by atoms with E-state index >= 15 is 0 Å². The highest BCUT2D eigenvalue weighted by molar-refractivity contribution is 5.85. The summed E-state index contributed by atoms with van der Waals surface area (Å²) in [6.07, 6.45) is 0. The van der Waals surface area contributed by atoms with Gasteiger partial charge in [-0.3, -0.25) is 4.79 Å². The Morgan fingerprint density at radius 2 is 1.79 bits per heavy atom. The lowest BCUT2D eigenvalue weighted by Crippen LogP contribution is -2.04. The molecule has 2 N–H and O–H groups in total. The van der Waals surface area contributed by atoms with Crippen LogP contribution < -0.4 is 10.2 Å². The smallest absolute Gasteiger partial charge is 0.224 e. The van der Waals surface area contributed by atoms with E-state index in [1.165, 1.54) is 25.3 Å². The molecule has 1 aliphatic carbocycles. The number of hydrogen-bond donors (Lipinski definition) is 2. The third-order valence-corrected chi connectivity index (χ3v) is 2.93. The molecule has 1 heterocycles. The quantitative estimate of drug-likeness (QED) is 0.517. The molecule has 3 rings (SSSR count). The van der Waals surface area contributed by atoms with Crippen molar-refractivity contribution in [1.29, 1.82) is 0 Å². The van der Waals surface area contributed by atoms with E-state index in [-0.39, 0.29) is 22.7 Å². The van der Waals surface area contributed by atoms with Gasteiger partial charge in [0.05, 0.1) is 7.11 Å². The van der Waals surface area contributed by atoms with Gasteiger partial charge in [0.2, 0.25) is 5.43 Å². The molecule has 5 nitrogen and oxygen atoms in total. The Balaban J connectivity index is 2.39. The molecule has 96 valence electrons. The Morgan fingerprint density at radius 1 is 1.05 bits per heavy atom. The van der Waals surface area contributed by atoms with E-state index in [0.717, 1.165) is 0 Å². The third-order valence-electron chi connectivity index (χ3n) is 2.93. The standard InChI is InChI=1S/C14H10O5/c1-18-14-4-8-2-7-3-9(15)10(16)5-12(7)19-13(8)6-11(14)17/h2-6,15-16H,1H3. The summed E-state index contributed by atoms with van der Waals surface area (Å²) in [6.45, 7) is 0. The summed E-state index contributed by atoms with van der Waals surface area (Å²) in [5.41, 5.74) is 0.780. The summed E-state index contributed by atoms with van der Waals surface area (Å²) in [5.74, 6) is 0.120. The topological polar surface area (TPSA) is 79.9 Å². The van der Waals surface area contributed by atoms with Crippen LogP contribution in [0.4, 0.5) is 0 Å². The first kappa shape index (κ1) is 11.4. The molecule has 0 aromatic heterocycles. The predicted molar refractivity (Wildman–Crippen MR) is 69.0 cm³/mol. The SMILES string of the molecule is COc1cc2cc3cc(O)c(O)cc3oc-2cc1=O. The van der Waals surface area contributed by atoms with E-state index in [4.69, 9.17) is 9.15 Å². The van der Waals surface area contributed by atoms with Gasteiger partial charge in [0.25, 0.3) is 0 Å². The van der Waals surface area contributed by atoms with E-state index in [0.29, 0.717) is 22.3 Å². The lowest BCUT2D eigenvalue weighted by molar-refractivity contribution is 0.403. The van der Waals surface area contributed by atoms with Gasteiger partial charge in [-0.15, -0.1) is 0 Å². The normalized spacial score (nSPS) is 11.0. The van der Waals surface area contributed by atoms with Gasteiger partial charge in [-0.05, 0) is 18.2 Å². The van der Waals surface area contributed by atoms with Crippen LogP contribution >= 0.6 is 0 Å². The van der Waals surface area contributed by atoms with Crippen molar-refractivity contribution < 1.29 is 19.4 Å². The van der Waals surface area contributed by atoms with Gasteiger partial charge in [-0.25, -0.2) is 0 Å². The van der Waals surface area contributed by atoms with Crippen molar-refractivity contribution in [2.45, 2.75) is 0 Å². The molecule has 5 heteroatoms. The fourth-order valence-corrected chi connectivity index (χ4v) is 1.98. The van der Waals surface area contributed by atoms with Crippen molar-refractivity contribution in [3.8, 4) is 28.6 Å². The molecule has 0 saturated heterocycles. The Kier molecular flexibility index (Phi) is 2.35. The summed E-state index contributed by atoms with van der Waals surface area (Å²) in [5, 5.41) is 19.5. The minimum absolute atomic E-state index is 0.227. The maximum Gasteiger partial charge on any atom is 0.224 e. The van der Waals surface area contributed by atoms with Crippen LogP contribution in [-0.4, -0.2) is 17.3 Å². The maximum atomic E-state index is 11.6. The molecule has 19 heavy (non-hydrogen) atoms. The van der Waals surface area contributed by atoms with Crippen LogP contribution in [0.25, 0.3) is 22.3 Å². The molecule has 2 aliphatic rings. The third kappa shape index (κ3) is 1.76. The van der Waals surface area contributed by atoms with E-state index in [1.54, 1.807) is 12.1 Å². The summed E-state index contributed by atoms with van der Waals surface area (Å²) >= 11 is 0. The number of benzene rings is 2. The Hall–Kier alpha value is -2.69. The van der Waals surface area contributed by atoms with Crippen LogP contribution in [0, 0.1) is 0 Å².